The third kappa shape index (κ3) is 1.58. The molecule has 0 saturated carbocycles. The minimum Gasteiger partial charge on any atom is -0.394 e. The van der Waals surface area contributed by atoms with Gasteiger partial charge in [0.1, 0.15) is 24.4 Å². The van der Waals surface area contributed by atoms with Crippen molar-refractivity contribution >= 4 is 0 Å². The van der Waals surface area contributed by atoms with E-state index in [0.717, 1.165) is 0 Å². The van der Waals surface area contributed by atoms with Crippen LogP contribution < -0.4 is 0 Å². The molecule has 6 heteroatoms. The summed E-state index contributed by atoms with van der Waals surface area (Å²) in [6, 6.07) is 0. The van der Waals surface area contributed by atoms with Crippen molar-refractivity contribution in [1.29, 1.82) is 0 Å². The van der Waals surface area contributed by atoms with E-state index in [-0.39, 0.29) is 0 Å². The minimum atomic E-state index is -1.57. The number of aliphatic hydroxyl groups is 5. The van der Waals surface area contributed by atoms with E-state index in [1.165, 1.54) is 0 Å². The molecule has 0 aromatic heterocycles. The van der Waals surface area contributed by atoms with Gasteiger partial charge in [-0.05, 0) is 0 Å². The molecule has 0 aliphatic carbocycles. The van der Waals surface area contributed by atoms with Gasteiger partial charge in [-0.25, -0.2) is 0 Å². The van der Waals surface area contributed by atoms with Crippen LogP contribution in [0, 0.1) is 0 Å². The third-order valence-electron chi connectivity index (χ3n) is 1.87. The minimum absolute atomic E-state index is 0.526. The fourth-order valence-corrected chi connectivity index (χ4v) is 1.08. The van der Waals surface area contributed by atoms with Crippen molar-refractivity contribution in [3.63, 3.8) is 0 Å². The summed E-state index contributed by atoms with van der Waals surface area (Å²) in [5.74, 6) is 0. The average molecular weight is 180 g/mol. The summed E-state index contributed by atoms with van der Waals surface area (Å²) in [5, 5.41) is 44.7. The van der Waals surface area contributed by atoms with E-state index >= 15 is 0 Å². The molecule has 1 rings (SSSR count). The molecule has 1 saturated heterocycles. The van der Waals surface area contributed by atoms with E-state index < -0.39 is 37.3 Å². The fourth-order valence-electron chi connectivity index (χ4n) is 1.08. The monoisotopic (exact) mass is 180 g/mol. The lowest BCUT2D eigenvalue weighted by molar-refractivity contribution is -0.286. The van der Waals surface area contributed by atoms with Crippen LogP contribution in [0.5, 0.6) is 0 Å². The molecule has 0 amide bonds. The van der Waals surface area contributed by atoms with Crippen LogP contribution in [0.4, 0.5) is 0 Å². The number of rotatable bonds is 1. The van der Waals surface area contributed by atoms with Crippen molar-refractivity contribution in [3.05, 3.63) is 0 Å². The molecule has 1 fully saturated rings. The first-order valence-corrected chi connectivity index (χ1v) is 3.56. The van der Waals surface area contributed by atoms with Crippen LogP contribution in [0.25, 0.3) is 0 Å². The lowest BCUT2D eigenvalue weighted by Gasteiger charge is -2.37. The number of hydrogen-bond donors (Lipinski definition) is 5. The van der Waals surface area contributed by atoms with Gasteiger partial charge >= 0.3 is 0 Å². The molecule has 1 aliphatic heterocycles. The lowest BCUT2D eigenvalue weighted by atomic mass is 10.00. The molecular weight excluding hydrogens is 168 g/mol. The highest BCUT2D eigenvalue weighted by molar-refractivity contribution is 4.87. The highest BCUT2D eigenvalue weighted by Gasteiger charge is 2.42. The van der Waals surface area contributed by atoms with Crippen LogP contribution in [0.2, 0.25) is 0 Å². The van der Waals surface area contributed by atoms with Crippen molar-refractivity contribution < 1.29 is 30.3 Å². The molecule has 6 nitrogen and oxygen atoms in total. The van der Waals surface area contributed by atoms with Gasteiger partial charge in [-0.1, -0.05) is 0 Å². The topological polar surface area (TPSA) is 110 Å². The molecule has 5 N–H and O–H groups in total. The number of ether oxygens (including phenoxy) is 1. The van der Waals surface area contributed by atoms with Crippen LogP contribution in [0.3, 0.4) is 0 Å². The lowest BCUT2D eigenvalue weighted by Crippen LogP contribution is -2.58. The molecular formula is C6H12O6. The van der Waals surface area contributed by atoms with E-state index in [1.807, 2.05) is 0 Å². The molecule has 1 unspecified atom stereocenters. The van der Waals surface area contributed by atoms with Crippen molar-refractivity contribution in [2.45, 2.75) is 30.7 Å². The standard InChI is InChI=1S/C6H12O6/c7-1-2-3(8)4(9)5(10)6(11)12-2/h2-11H,1H2/t2-,3+,4+,5-,6?/m0/s1. The second-order valence-electron chi connectivity index (χ2n) is 2.72. The van der Waals surface area contributed by atoms with E-state index in [4.69, 9.17) is 25.5 Å². The Morgan fingerprint density at radius 3 is 2.00 bits per heavy atom. The summed E-state index contributed by atoms with van der Waals surface area (Å²) >= 11 is 0. The van der Waals surface area contributed by atoms with Gasteiger partial charge in [0, 0.05) is 0 Å². The molecule has 1 heterocycles. The molecule has 1 aliphatic rings. The van der Waals surface area contributed by atoms with Crippen LogP contribution in [-0.4, -0.2) is 62.8 Å². The van der Waals surface area contributed by atoms with Crippen LogP contribution in [0.15, 0.2) is 0 Å². The average Bonchev–Trinajstić information content (AvgIpc) is 2.08. The van der Waals surface area contributed by atoms with Gasteiger partial charge < -0.3 is 30.3 Å². The zero-order chi connectivity index (χ0) is 9.30. The molecule has 12 heavy (non-hydrogen) atoms. The maximum Gasteiger partial charge on any atom is 0.184 e. The fraction of sp³-hybridized carbons (Fsp3) is 1.00. The first-order chi connectivity index (χ1) is 5.57. The Bertz CT molecular complexity index is 146. The highest BCUT2D eigenvalue weighted by Crippen LogP contribution is 2.18. The predicted octanol–water partition coefficient (Wildman–Crippen LogP) is -3.22. The smallest absolute Gasteiger partial charge is 0.184 e. The summed E-state index contributed by atoms with van der Waals surface area (Å²) in [6.45, 7) is -0.526. The summed E-state index contributed by atoms with van der Waals surface area (Å²) in [5.41, 5.74) is 0. The largest absolute Gasteiger partial charge is 0.394 e. The third-order valence-corrected chi connectivity index (χ3v) is 1.87. The molecule has 0 spiro atoms. The molecule has 0 radical (unpaired) electrons. The normalized spacial score (nSPS) is 49.2. The first-order valence-electron chi connectivity index (χ1n) is 3.56. The van der Waals surface area contributed by atoms with Crippen LogP contribution in [0.1, 0.15) is 0 Å². The van der Waals surface area contributed by atoms with E-state index in [9.17, 15) is 0 Å². The summed E-state index contributed by atoms with van der Waals surface area (Å²) in [6.07, 6.45) is -7.04. The van der Waals surface area contributed by atoms with Gasteiger partial charge in [-0.3, -0.25) is 0 Å². The Morgan fingerprint density at radius 1 is 0.917 bits per heavy atom. The van der Waals surface area contributed by atoms with Crippen molar-refractivity contribution in [2.24, 2.45) is 0 Å². The second kappa shape index (κ2) is 3.65. The highest BCUT2D eigenvalue weighted by atomic mass is 16.6. The molecule has 5 atom stereocenters. The Labute approximate surface area is 68.6 Å². The molecule has 72 valence electrons. The van der Waals surface area contributed by atoms with E-state index in [0.29, 0.717) is 0 Å². The Morgan fingerprint density at radius 2 is 1.50 bits per heavy atom. The van der Waals surface area contributed by atoms with Crippen molar-refractivity contribution in [3.8, 4) is 0 Å². The summed E-state index contributed by atoms with van der Waals surface area (Å²) in [4.78, 5) is 0. The van der Waals surface area contributed by atoms with Crippen LogP contribution in [-0.2, 0) is 4.74 Å². The van der Waals surface area contributed by atoms with Crippen LogP contribution >= 0.6 is 0 Å². The number of hydrogen-bond acceptors (Lipinski definition) is 6. The Kier molecular flexibility index (Phi) is 2.99. The van der Waals surface area contributed by atoms with Gasteiger partial charge in [0.05, 0.1) is 6.61 Å². The number of aliphatic hydroxyl groups excluding tert-OH is 5. The van der Waals surface area contributed by atoms with Gasteiger partial charge in [-0.15, -0.1) is 0 Å². The van der Waals surface area contributed by atoms with Gasteiger partial charge in [-0.2, -0.15) is 0 Å². The molecule has 0 aromatic carbocycles. The second-order valence-corrected chi connectivity index (χ2v) is 2.72. The van der Waals surface area contributed by atoms with E-state index in [2.05, 4.69) is 4.74 Å². The Balaban J connectivity index is 2.63. The van der Waals surface area contributed by atoms with Gasteiger partial charge in [0.25, 0.3) is 0 Å². The SMILES string of the molecule is OC[C@@H]1OC(O)[C@@H](O)[C@H](O)[C@@H]1O. The van der Waals surface area contributed by atoms with Gasteiger partial charge in [0.15, 0.2) is 6.29 Å². The zero-order valence-electron chi connectivity index (χ0n) is 6.24. The Hall–Kier alpha value is -0.240. The quantitative estimate of drug-likeness (QED) is 0.290. The zero-order valence-corrected chi connectivity index (χ0v) is 6.24. The van der Waals surface area contributed by atoms with Crippen molar-refractivity contribution in [2.75, 3.05) is 6.61 Å². The molecule has 0 bridgehead atoms. The first kappa shape index (κ1) is 9.85. The van der Waals surface area contributed by atoms with Crippen molar-refractivity contribution in [1.82, 2.24) is 0 Å². The molecule has 0 aromatic rings. The van der Waals surface area contributed by atoms with Gasteiger partial charge in [0.2, 0.25) is 0 Å². The predicted molar refractivity (Wildman–Crippen MR) is 36.0 cm³/mol. The van der Waals surface area contributed by atoms with E-state index in [1.54, 1.807) is 0 Å². The summed E-state index contributed by atoms with van der Waals surface area (Å²) < 4.78 is 4.58. The maximum absolute atomic E-state index is 9.12. The summed E-state index contributed by atoms with van der Waals surface area (Å²) in [7, 11) is 0. The maximum atomic E-state index is 9.12.